The summed E-state index contributed by atoms with van der Waals surface area (Å²) in [4.78, 5) is 21.1. The Hall–Kier alpha value is -3.87. The number of carbonyl (C=O) groups excluding carboxylic acids is 1. The molecule has 4 N–H and O–H groups in total. The van der Waals surface area contributed by atoms with E-state index in [1.54, 1.807) is 37.7 Å². The van der Waals surface area contributed by atoms with Crippen LogP contribution in [-0.2, 0) is 0 Å². The summed E-state index contributed by atoms with van der Waals surface area (Å²) in [5, 5.41) is 19.4. The second-order valence-electron chi connectivity index (χ2n) is 7.51. The number of aromatic hydroxyl groups is 1. The summed E-state index contributed by atoms with van der Waals surface area (Å²) in [6.45, 7) is 7.56. The topological polar surface area (TPSA) is 98.6 Å². The van der Waals surface area contributed by atoms with Crippen molar-refractivity contribution in [2.24, 2.45) is 4.99 Å². The number of hydrogen-bond donors (Lipinski definition) is 4. The van der Waals surface area contributed by atoms with Gasteiger partial charge in [-0.2, -0.15) is 0 Å². The molecule has 1 unspecified atom stereocenters. The number of aliphatic imine (C=N–C) groups is 1. The van der Waals surface area contributed by atoms with E-state index >= 15 is 0 Å². The number of phenols is 1. The lowest BCUT2D eigenvalue weighted by Gasteiger charge is -2.24. The number of aromatic nitrogens is 1. The maximum absolute atomic E-state index is 12.5. The number of carbonyl (C=O) groups is 1. The predicted molar refractivity (Wildman–Crippen MR) is 123 cm³/mol. The molecule has 7 heteroatoms. The van der Waals surface area contributed by atoms with Crippen LogP contribution in [0, 0.1) is 6.92 Å². The van der Waals surface area contributed by atoms with Crippen LogP contribution in [0.1, 0.15) is 42.3 Å². The van der Waals surface area contributed by atoms with Gasteiger partial charge in [-0.25, -0.2) is 4.99 Å². The van der Waals surface area contributed by atoms with Crippen molar-refractivity contribution in [3.8, 4) is 5.75 Å². The van der Waals surface area contributed by atoms with E-state index in [2.05, 4.69) is 25.9 Å². The minimum absolute atomic E-state index is 0.0969. The third kappa shape index (κ3) is 5.82. The summed E-state index contributed by atoms with van der Waals surface area (Å²) in [5.74, 6) is -0.188. The maximum atomic E-state index is 12.5. The van der Waals surface area contributed by atoms with Crippen molar-refractivity contribution in [3.05, 3.63) is 88.5 Å². The van der Waals surface area contributed by atoms with Gasteiger partial charge in [0.2, 0.25) is 0 Å². The number of hydrogen-bond acceptors (Lipinski definition) is 6. The quantitative estimate of drug-likeness (QED) is 0.538. The second-order valence-corrected chi connectivity index (χ2v) is 7.51. The Labute approximate surface area is 182 Å². The van der Waals surface area contributed by atoms with Gasteiger partial charge in [0.05, 0.1) is 0 Å². The van der Waals surface area contributed by atoms with E-state index in [9.17, 15) is 9.90 Å². The Morgan fingerprint density at radius 2 is 2.03 bits per heavy atom. The Morgan fingerprint density at radius 3 is 2.71 bits per heavy atom. The van der Waals surface area contributed by atoms with Gasteiger partial charge >= 0.3 is 0 Å². The number of rotatable bonds is 6. The number of benzene rings is 1. The van der Waals surface area contributed by atoms with Crippen molar-refractivity contribution in [1.82, 2.24) is 20.9 Å². The minimum atomic E-state index is -0.362. The average Bonchev–Trinajstić information content (AvgIpc) is 2.76. The zero-order chi connectivity index (χ0) is 22.4. The lowest BCUT2D eigenvalue weighted by atomic mass is 10.1. The predicted octanol–water partition coefficient (Wildman–Crippen LogP) is 3.61. The third-order valence-electron chi connectivity index (χ3n) is 4.71. The summed E-state index contributed by atoms with van der Waals surface area (Å²) >= 11 is 0. The highest BCUT2D eigenvalue weighted by atomic mass is 16.3. The van der Waals surface area contributed by atoms with Crippen molar-refractivity contribution < 1.29 is 9.90 Å². The number of amides is 1. The van der Waals surface area contributed by atoms with Crippen molar-refractivity contribution in [1.29, 1.82) is 0 Å². The molecule has 2 heterocycles. The molecule has 0 fully saturated rings. The third-order valence-corrected chi connectivity index (χ3v) is 4.71. The highest BCUT2D eigenvalue weighted by Gasteiger charge is 2.14. The molecular weight excluding hydrogens is 390 g/mol. The number of nitrogens with one attached hydrogen (secondary N) is 3. The summed E-state index contributed by atoms with van der Waals surface area (Å²) in [6, 6.07) is 8.73. The fourth-order valence-corrected chi connectivity index (χ4v) is 2.94. The normalized spacial score (nSPS) is 15.5. The zero-order valence-corrected chi connectivity index (χ0v) is 18.1. The lowest BCUT2D eigenvalue weighted by molar-refractivity contribution is 0.0965. The SMILES string of the molecule is CC(C)=C(/C=C(\C)NC(=O)c1ccc(C)c(O)c1)NC1N=CC=C(c2cccnc2)N1. The van der Waals surface area contributed by atoms with E-state index in [1.165, 1.54) is 6.07 Å². The largest absolute Gasteiger partial charge is 0.508 e. The molecule has 31 heavy (non-hydrogen) atoms. The van der Waals surface area contributed by atoms with Crippen molar-refractivity contribution in [3.63, 3.8) is 0 Å². The van der Waals surface area contributed by atoms with E-state index in [4.69, 9.17) is 0 Å². The molecule has 0 bridgehead atoms. The van der Waals surface area contributed by atoms with Crippen LogP contribution in [0.4, 0.5) is 0 Å². The monoisotopic (exact) mass is 417 g/mol. The number of nitrogens with zero attached hydrogens (tertiary/aromatic N) is 2. The molecule has 0 aliphatic carbocycles. The highest BCUT2D eigenvalue weighted by molar-refractivity contribution is 5.95. The summed E-state index contributed by atoms with van der Waals surface area (Å²) in [7, 11) is 0. The molecule has 1 aromatic heterocycles. The molecule has 1 aliphatic rings. The number of phenolic OH excluding ortho intramolecular Hbond substituents is 1. The minimum Gasteiger partial charge on any atom is -0.508 e. The van der Waals surface area contributed by atoms with Crippen LogP contribution in [0.3, 0.4) is 0 Å². The first kappa shape index (κ1) is 21.8. The Kier molecular flexibility index (Phi) is 6.87. The van der Waals surface area contributed by atoms with Crippen LogP contribution >= 0.6 is 0 Å². The molecule has 0 saturated carbocycles. The van der Waals surface area contributed by atoms with Crippen LogP contribution in [0.2, 0.25) is 0 Å². The highest BCUT2D eigenvalue weighted by Crippen LogP contribution is 2.18. The fraction of sp³-hybridized carbons (Fsp3) is 0.208. The fourth-order valence-electron chi connectivity index (χ4n) is 2.94. The summed E-state index contributed by atoms with van der Waals surface area (Å²) in [6.07, 6.45) is 8.67. The van der Waals surface area contributed by atoms with Gasteiger partial charge in [-0.3, -0.25) is 9.78 Å². The Balaban J connectivity index is 1.68. The first-order valence-corrected chi connectivity index (χ1v) is 9.97. The summed E-state index contributed by atoms with van der Waals surface area (Å²) < 4.78 is 0. The molecule has 3 rings (SSSR count). The van der Waals surface area contributed by atoms with E-state index in [0.29, 0.717) is 11.3 Å². The van der Waals surface area contributed by atoms with Crippen molar-refractivity contribution >= 4 is 17.8 Å². The van der Waals surface area contributed by atoms with Gasteiger partial charge in [-0.1, -0.05) is 11.6 Å². The van der Waals surface area contributed by atoms with Gasteiger partial charge in [0.1, 0.15) is 5.75 Å². The van der Waals surface area contributed by atoms with E-state index in [1.807, 2.05) is 45.1 Å². The molecule has 1 aliphatic heterocycles. The number of aryl methyl sites for hydroxylation is 1. The molecule has 7 nitrogen and oxygen atoms in total. The van der Waals surface area contributed by atoms with Crippen LogP contribution in [0.25, 0.3) is 5.70 Å². The Morgan fingerprint density at radius 1 is 1.23 bits per heavy atom. The second kappa shape index (κ2) is 9.75. The molecule has 1 aromatic carbocycles. The maximum Gasteiger partial charge on any atom is 0.255 e. The molecule has 0 saturated heterocycles. The molecular formula is C24H27N5O2. The lowest BCUT2D eigenvalue weighted by Crippen LogP contribution is -2.41. The molecule has 0 radical (unpaired) electrons. The summed E-state index contributed by atoms with van der Waals surface area (Å²) in [5.41, 5.74) is 5.55. The van der Waals surface area contributed by atoms with E-state index in [-0.39, 0.29) is 17.9 Å². The van der Waals surface area contributed by atoms with Crippen LogP contribution in [0.5, 0.6) is 5.75 Å². The molecule has 160 valence electrons. The number of allylic oxidation sites excluding steroid dienone is 4. The van der Waals surface area contributed by atoms with Gasteiger partial charge in [0.25, 0.3) is 5.91 Å². The van der Waals surface area contributed by atoms with E-state index in [0.717, 1.165) is 28.1 Å². The zero-order valence-electron chi connectivity index (χ0n) is 18.1. The van der Waals surface area contributed by atoms with Crippen LogP contribution in [0.15, 0.2) is 76.8 Å². The average molecular weight is 418 g/mol. The molecule has 2 aromatic rings. The molecule has 0 spiro atoms. The van der Waals surface area contributed by atoms with Crippen molar-refractivity contribution in [2.75, 3.05) is 0 Å². The smallest absolute Gasteiger partial charge is 0.255 e. The first-order chi connectivity index (χ1) is 14.8. The standard InChI is InChI=1S/C24H27N5O2/c1-15(2)21(12-17(4)27-23(31)18-8-7-16(3)22(30)13-18)29-24-26-11-9-20(28-24)19-6-5-10-25-14-19/h5-14,24,28-30H,1-4H3,(H,27,31)/b17-12+. The number of pyridine rings is 1. The molecule has 1 amide bonds. The van der Waals surface area contributed by atoms with Gasteiger partial charge in [-0.05, 0) is 69.7 Å². The van der Waals surface area contributed by atoms with Gasteiger partial charge in [-0.15, -0.1) is 0 Å². The van der Waals surface area contributed by atoms with Crippen molar-refractivity contribution in [2.45, 2.75) is 34.0 Å². The van der Waals surface area contributed by atoms with Crippen LogP contribution in [-0.4, -0.2) is 28.5 Å². The van der Waals surface area contributed by atoms with E-state index < -0.39 is 0 Å². The first-order valence-electron chi connectivity index (χ1n) is 9.97. The Bertz CT molecular complexity index is 1080. The van der Waals surface area contributed by atoms with Gasteiger partial charge in [0.15, 0.2) is 6.29 Å². The molecule has 1 atom stereocenters. The van der Waals surface area contributed by atoms with Crippen LogP contribution < -0.4 is 16.0 Å². The van der Waals surface area contributed by atoms with Gasteiger partial charge in [0, 0.05) is 46.8 Å². The van der Waals surface area contributed by atoms with Gasteiger partial charge < -0.3 is 21.1 Å².